The molecule has 1 aliphatic rings. The standard InChI is InChI=1S/C21H28N4O2S/c1-14(2)12-22-19(26)9-10-25(17-7-8-17)20(27)18-13-28-21(24-18)23-16-6-4-5-15(3)11-16/h4-6,11,13-14,17H,7-10,12H2,1-3H3,(H,22,26)(H,23,24). The quantitative estimate of drug-likeness (QED) is 0.668. The van der Waals surface area contributed by atoms with Crippen molar-refractivity contribution in [3.05, 3.63) is 40.9 Å². The summed E-state index contributed by atoms with van der Waals surface area (Å²) in [7, 11) is 0. The zero-order chi connectivity index (χ0) is 20.1. The summed E-state index contributed by atoms with van der Waals surface area (Å²) in [5.41, 5.74) is 2.55. The van der Waals surface area contributed by atoms with E-state index in [1.165, 1.54) is 11.3 Å². The second-order valence-corrected chi connectivity index (χ2v) is 8.57. The number of carbonyl (C=O) groups is 2. The van der Waals surface area contributed by atoms with E-state index in [4.69, 9.17) is 0 Å². The van der Waals surface area contributed by atoms with Gasteiger partial charge in [0.05, 0.1) is 0 Å². The fourth-order valence-electron chi connectivity index (χ4n) is 2.89. The lowest BCUT2D eigenvalue weighted by Gasteiger charge is -2.21. The van der Waals surface area contributed by atoms with Gasteiger partial charge in [-0.25, -0.2) is 4.98 Å². The van der Waals surface area contributed by atoms with Crippen LogP contribution in [0.4, 0.5) is 10.8 Å². The highest BCUT2D eigenvalue weighted by Gasteiger charge is 2.34. The third-order valence-corrected chi connectivity index (χ3v) is 5.29. The summed E-state index contributed by atoms with van der Waals surface area (Å²) in [6, 6.07) is 8.26. The topological polar surface area (TPSA) is 74.3 Å². The minimum atomic E-state index is -0.0901. The number of benzene rings is 1. The second-order valence-electron chi connectivity index (χ2n) is 7.71. The lowest BCUT2D eigenvalue weighted by molar-refractivity contribution is -0.121. The van der Waals surface area contributed by atoms with Crippen LogP contribution in [0.1, 0.15) is 49.2 Å². The van der Waals surface area contributed by atoms with E-state index in [2.05, 4.69) is 29.5 Å². The van der Waals surface area contributed by atoms with E-state index in [-0.39, 0.29) is 17.9 Å². The Bertz CT molecular complexity index is 829. The van der Waals surface area contributed by atoms with Gasteiger partial charge in [0.15, 0.2) is 5.13 Å². The van der Waals surface area contributed by atoms with Crippen molar-refractivity contribution in [3.8, 4) is 0 Å². The van der Waals surface area contributed by atoms with Crippen molar-refractivity contribution in [1.82, 2.24) is 15.2 Å². The highest BCUT2D eigenvalue weighted by atomic mass is 32.1. The molecule has 0 bridgehead atoms. The molecular formula is C21H28N4O2S. The monoisotopic (exact) mass is 400 g/mol. The molecule has 2 aromatic rings. The zero-order valence-electron chi connectivity index (χ0n) is 16.7. The zero-order valence-corrected chi connectivity index (χ0v) is 17.5. The highest BCUT2D eigenvalue weighted by Crippen LogP contribution is 2.29. The Labute approximate surface area is 170 Å². The predicted octanol–water partition coefficient (Wildman–Crippen LogP) is 3.96. The smallest absolute Gasteiger partial charge is 0.273 e. The van der Waals surface area contributed by atoms with Gasteiger partial charge in [0.2, 0.25) is 5.91 Å². The number of rotatable bonds is 9. The molecular weight excluding hydrogens is 372 g/mol. The Hall–Kier alpha value is -2.41. The first-order chi connectivity index (χ1) is 13.4. The van der Waals surface area contributed by atoms with E-state index >= 15 is 0 Å². The lowest BCUT2D eigenvalue weighted by atomic mass is 10.2. The number of carbonyl (C=O) groups excluding carboxylic acids is 2. The number of anilines is 2. The Morgan fingerprint density at radius 1 is 1.32 bits per heavy atom. The van der Waals surface area contributed by atoms with Crippen LogP contribution in [-0.4, -0.2) is 40.8 Å². The summed E-state index contributed by atoms with van der Waals surface area (Å²) < 4.78 is 0. The summed E-state index contributed by atoms with van der Waals surface area (Å²) in [5.74, 6) is 0.319. The van der Waals surface area contributed by atoms with Gasteiger partial charge >= 0.3 is 0 Å². The molecule has 0 spiro atoms. The van der Waals surface area contributed by atoms with Crippen molar-refractivity contribution < 1.29 is 9.59 Å². The van der Waals surface area contributed by atoms with Crippen LogP contribution in [0.25, 0.3) is 0 Å². The number of hydrogen-bond acceptors (Lipinski definition) is 5. The largest absolute Gasteiger partial charge is 0.356 e. The molecule has 0 atom stereocenters. The van der Waals surface area contributed by atoms with Crippen LogP contribution in [0.5, 0.6) is 0 Å². The summed E-state index contributed by atoms with van der Waals surface area (Å²) in [4.78, 5) is 31.2. The maximum atomic E-state index is 12.9. The molecule has 0 aliphatic heterocycles. The number of aromatic nitrogens is 1. The molecule has 1 heterocycles. The Balaban J connectivity index is 1.59. The summed E-state index contributed by atoms with van der Waals surface area (Å²) >= 11 is 1.41. The van der Waals surface area contributed by atoms with Crippen LogP contribution in [0.3, 0.4) is 0 Å². The Kier molecular flexibility index (Phi) is 6.67. The molecule has 28 heavy (non-hydrogen) atoms. The average Bonchev–Trinajstić information content (AvgIpc) is 3.38. The molecule has 150 valence electrons. The van der Waals surface area contributed by atoms with Crippen molar-refractivity contribution in [2.24, 2.45) is 5.92 Å². The number of aryl methyl sites for hydroxylation is 1. The second kappa shape index (κ2) is 9.19. The fourth-order valence-corrected chi connectivity index (χ4v) is 3.59. The predicted molar refractivity (Wildman–Crippen MR) is 113 cm³/mol. The summed E-state index contributed by atoms with van der Waals surface area (Å²) in [6.45, 7) is 7.25. The number of hydrogen-bond donors (Lipinski definition) is 2. The van der Waals surface area contributed by atoms with E-state index < -0.39 is 0 Å². The lowest BCUT2D eigenvalue weighted by Crippen LogP contribution is -2.37. The van der Waals surface area contributed by atoms with Crippen molar-refractivity contribution >= 4 is 34.0 Å². The van der Waals surface area contributed by atoms with E-state index in [1.807, 2.05) is 31.2 Å². The highest BCUT2D eigenvalue weighted by molar-refractivity contribution is 7.14. The number of amides is 2. The first-order valence-corrected chi connectivity index (χ1v) is 10.7. The van der Waals surface area contributed by atoms with Crippen LogP contribution in [-0.2, 0) is 4.79 Å². The van der Waals surface area contributed by atoms with E-state index in [0.717, 1.165) is 24.1 Å². The molecule has 3 rings (SSSR count). The third-order valence-electron chi connectivity index (χ3n) is 4.53. The normalized spacial score (nSPS) is 13.4. The van der Waals surface area contributed by atoms with E-state index in [1.54, 1.807) is 10.3 Å². The molecule has 2 N–H and O–H groups in total. The molecule has 1 aromatic heterocycles. The van der Waals surface area contributed by atoms with E-state index in [9.17, 15) is 9.59 Å². The first kappa shape index (κ1) is 20.3. The number of thiazole rings is 1. The molecule has 1 aromatic carbocycles. The molecule has 1 saturated carbocycles. The van der Waals surface area contributed by atoms with Crippen LogP contribution in [0, 0.1) is 12.8 Å². The molecule has 7 heteroatoms. The molecule has 2 amide bonds. The molecule has 0 radical (unpaired) electrons. The molecule has 1 aliphatic carbocycles. The molecule has 1 fully saturated rings. The van der Waals surface area contributed by atoms with Gasteiger partial charge in [-0.05, 0) is 43.4 Å². The first-order valence-electron chi connectivity index (χ1n) is 9.79. The van der Waals surface area contributed by atoms with Crippen LogP contribution < -0.4 is 10.6 Å². The van der Waals surface area contributed by atoms with Gasteiger partial charge in [-0.1, -0.05) is 26.0 Å². The summed E-state index contributed by atoms with van der Waals surface area (Å²) in [5, 5.41) is 8.65. The van der Waals surface area contributed by atoms with Crippen molar-refractivity contribution in [1.29, 1.82) is 0 Å². The van der Waals surface area contributed by atoms with Gasteiger partial charge in [-0.15, -0.1) is 11.3 Å². The molecule has 0 unspecified atom stereocenters. The van der Waals surface area contributed by atoms with E-state index in [0.29, 0.717) is 36.3 Å². The maximum Gasteiger partial charge on any atom is 0.273 e. The Morgan fingerprint density at radius 2 is 2.11 bits per heavy atom. The van der Waals surface area contributed by atoms with Crippen LogP contribution in [0.15, 0.2) is 29.6 Å². The molecule has 6 nitrogen and oxygen atoms in total. The van der Waals surface area contributed by atoms with Gasteiger partial charge in [-0.2, -0.15) is 0 Å². The number of nitrogens with one attached hydrogen (secondary N) is 2. The minimum Gasteiger partial charge on any atom is -0.356 e. The van der Waals surface area contributed by atoms with Gasteiger partial charge in [0.25, 0.3) is 5.91 Å². The fraction of sp³-hybridized carbons (Fsp3) is 0.476. The van der Waals surface area contributed by atoms with Gasteiger partial charge in [-0.3, -0.25) is 9.59 Å². The van der Waals surface area contributed by atoms with Crippen molar-refractivity contribution in [3.63, 3.8) is 0 Å². The van der Waals surface area contributed by atoms with Gasteiger partial charge in [0.1, 0.15) is 5.69 Å². The van der Waals surface area contributed by atoms with Crippen molar-refractivity contribution in [2.45, 2.75) is 46.1 Å². The average molecular weight is 401 g/mol. The SMILES string of the molecule is Cc1cccc(Nc2nc(C(=O)N(CCC(=O)NCC(C)C)C3CC3)cs2)c1. The van der Waals surface area contributed by atoms with Gasteiger partial charge in [0, 0.05) is 36.6 Å². The summed E-state index contributed by atoms with van der Waals surface area (Å²) in [6.07, 6.45) is 2.32. The maximum absolute atomic E-state index is 12.9. The third kappa shape index (κ3) is 5.79. The number of nitrogens with zero attached hydrogens (tertiary/aromatic N) is 2. The van der Waals surface area contributed by atoms with Crippen molar-refractivity contribution in [2.75, 3.05) is 18.4 Å². The van der Waals surface area contributed by atoms with Gasteiger partial charge < -0.3 is 15.5 Å². The molecule has 0 saturated heterocycles. The Morgan fingerprint density at radius 3 is 2.79 bits per heavy atom. The van der Waals surface area contributed by atoms with Crippen LogP contribution >= 0.6 is 11.3 Å². The minimum absolute atomic E-state index is 0.00719. The van der Waals surface area contributed by atoms with Crippen LogP contribution in [0.2, 0.25) is 0 Å².